The number of nitrogens with zero attached hydrogens (tertiary/aromatic N) is 1. The SMILES string of the molecule is CC(C)(C)C(N)=Nc1ccc(Cl)cc1C(F)(F)F. The molecule has 0 heterocycles. The quantitative estimate of drug-likeness (QED) is 0.600. The van der Waals surface area contributed by atoms with Crippen LogP contribution < -0.4 is 5.73 Å². The fourth-order valence-corrected chi connectivity index (χ4v) is 1.30. The zero-order valence-electron chi connectivity index (χ0n) is 10.3. The zero-order chi connectivity index (χ0) is 14.1. The number of aliphatic imine (C=N–C) groups is 1. The molecule has 1 rings (SSSR count). The lowest BCUT2D eigenvalue weighted by Crippen LogP contribution is -2.28. The largest absolute Gasteiger partial charge is 0.418 e. The first kappa shape index (κ1) is 14.8. The van der Waals surface area contributed by atoms with E-state index in [9.17, 15) is 13.2 Å². The zero-order valence-corrected chi connectivity index (χ0v) is 11.0. The summed E-state index contributed by atoms with van der Waals surface area (Å²) < 4.78 is 38.4. The Morgan fingerprint density at radius 2 is 1.78 bits per heavy atom. The third-order valence-electron chi connectivity index (χ3n) is 2.27. The van der Waals surface area contributed by atoms with Gasteiger partial charge < -0.3 is 5.73 Å². The number of halogens is 4. The van der Waals surface area contributed by atoms with Crippen LogP contribution in [0.25, 0.3) is 0 Å². The number of hydrogen-bond acceptors (Lipinski definition) is 1. The smallest absolute Gasteiger partial charge is 0.387 e. The Labute approximate surface area is 109 Å². The van der Waals surface area contributed by atoms with Crippen molar-refractivity contribution in [3.8, 4) is 0 Å². The highest BCUT2D eigenvalue weighted by atomic mass is 35.5. The van der Waals surface area contributed by atoms with Crippen LogP contribution in [0.15, 0.2) is 23.2 Å². The van der Waals surface area contributed by atoms with E-state index in [0.717, 1.165) is 6.07 Å². The summed E-state index contributed by atoms with van der Waals surface area (Å²) in [6.45, 7) is 5.32. The van der Waals surface area contributed by atoms with Crippen LogP contribution in [-0.4, -0.2) is 5.84 Å². The number of amidine groups is 1. The second-order valence-corrected chi connectivity index (χ2v) is 5.34. The van der Waals surface area contributed by atoms with Crippen molar-refractivity contribution in [2.24, 2.45) is 16.1 Å². The van der Waals surface area contributed by atoms with Crippen LogP contribution >= 0.6 is 11.6 Å². The molecule has 0 bridgehead atoms. The molecule has 0 spiro atoms. The maximum absolute atomic E-state index is 12.8. The van der Waals surface area contributed by atoms with Crippen LogP contribution in [0.2, 0.25) is 5.02 Å². The molecule has 0 radical (unpaired) electrons. The molecule has 6 heteroatoms. The van der Waals surface area contributed by atoms with Crippen LogP contribution in [0, 0.1) is 5.41 Å². The lowest BCUT2D eigenvalue weighted by molar-refractivity contribution is -0.137. The first-order valence-corrected chi connectivity index (χ1v) is 5.61. The van der Waals surface area contributed by atoms with Gasteiger partial charge in [0.2, 0.25) is 0 Å². The summed E-state index contributed by atoms with van der Waals surface area (Å²) in [7, 11) is 0. The van der Waals surface area contributed by atoms with Crippen LogP contribution in [0.3, 0.4) is 0 Å². The molecule has 0 aliphatic heterocycles. The standard InChI is InChI=1S/C12H14ClF3N2/c1-11(2,3)10(17)18-9-5-4-7(13)6-8(9)12(14,15)16/h4-6H,1-3H3,(H2,17,18). The average Bonchev–Trinajstić information content (AvgIpc) is 2.17. The lowest BCUT2D eigenvalue weighted by atomic mass is 9.95. The van der Waals surface area contributed by atoms with Gasteiger partial charge in [-0.2, -0.15) is 13.2 Å². The first-order valence-electron chi connectivity index (χ1n) is 5.23. The molecule has 0 aliphatic rings. The van der Waals surface area contributed by atoms with Crippen molar-refractivity contribution in [1.82, 2.24) is 0 Å². The van der Waals surface area contributed by atoms with Gasteiger partial charge in [0.1, 0.15) is 5.84 Å². The molecule has 100 valence electrons. The summed E-state index contributed by atoms with van der Waals surface area (Å²) in [5, 5.41) is 0.00982. The third kappa shape index (κ3) is 3.63. The molecule has 0 aliphatic carbocycles. The van der Waals surface area contributed by atoms with Crippen LogP contribution in [-0.2, 0) is 6.18 Å². The maximum atomic E-state index is 12.8. The molecular weight excluding hydrogens is 265 g/mol. The molecule has 0 amide bonds. The molecule has 1 aromatic rings. The summed E-state index contributed by atoms with van der Waals surface area (Å²) in [5.41, 5.74) is 4.08. The molecule has 1 aromatic carbocycles. The number of benzene rings is 1. The Bertz CT molecular complexity index is 473. The first-order chi connectivity index (χ1) is 8.01. The normalized spacial score (nSPS) is 13.8. The second-order valence-electron chi connectivity index (χ2n) is 4.91. The molecule has 0 saturated heterocycles. The van der Waals surface area contributed by atoms with Crippen molar-refractivity contribution in [2.75, 3.05) is 0 Å². The lowest BCUT2D eigenvalue weighted by Gasteiger charge is -2.18. The summed E-state index contributed by atoms with van der Waals surface area (Å²) in [4.78, 5) is 3.85. The van der Waals surface area contributed by atoms with Crippen molar-refractivity contribution < 1.29 is 13.2 Å². The van der Waals surface area contributed by atoms with Gasteiger partial charge in [0.05, 0.1) is 11.3 Å². The molecule has 18 heavy (non-hydrogen) atoms. The van der Waals surface area contributed by atoms with Gasteiger partial charge in [-0.05, 0) is 18.2 Å². The van der Waals surface area contributed by atoms with E-state index in [4.69, 9.17) is 17.3 Å². The topological polar surface area (TPSA) is 38.4 Å². The summed E-state index contributed by atoms with van der Waals surface area (Å²) in [6, 6.07) is 3.41. The number of hydrogen-bond donors (Lipinski definition) is 1. The molecule has 0 aromatic heterocycles. The van der Waals surface area contributed by atoms with E-state index in [0.29, 0.717) is 0 Å². The van der Waals surface area contributed by atoms with Gasteiger partial charge >= 0.3 is 6.18 Å². The van der Waals surface area contributed by atoms with Gasteiger partial charge in [-0.25, -0.2) is 4.99 Å². The molecule has 2 nitrogen and oxygen atoms in total. The van der Waals surface area contributed by atoms with Gasteiger partial charge in [0.25, 0.3) is 0 Å². The summed E-state index contributed by atoms with van der Waals surface area (Å²) in [5.74, 6) is 0.135. The fraction of sp³-hybridized carbons (Fsp3) is 0.417. The Morgan fingerprint density at radius 1 is 1.22 bits per heavy atom. The molecule has 2 N–H and O–H groups in total. The highest BCUT2D eigenvalue weighted by molar-refractivity contribution is 6.30. The monoisotopic (exact) mass is 278 g/mol. The van der Waals surface area contributed by atoms with Gasteiger partial charge in [0.15, 0.2) is 0 Å². The Balaban J connectivity index is 3.35. The fourth-order valence-electron chi connectivity index (χ4n) is 1.13. The minimum atomic E-state index is -4.51. The Kier molecular flexibility index (Phi) is 3.96. The van der Waals surface area contributed by atoms with Gasteiger partial charge in [-0.15, -0.1) is 0 Å². The minimum Gasteiger partial charge on any atom is -0.387 e. The summed E-state index contributed by atoms with van der Waals surface area (Å²) in [6.07, 6.45) is -4.51. The van der Waals surface area contributed by atoms with Crippen molar-refractivity contribution in [3.05, 3.63) is 28.8 Å². The van der Waals surface area contributed by atoms with E-state index in [1.165, 1.54) is 12.1 Å². The van der Waals surface area contributed by atoms with Crippen LogP contribution in [0.4, 0.5) is 18.9 Å². The maximum Gasteiger partial charge on any atom is 0.418 e. The van der Waals surface area contributed by atoms with E-state index >= 15 is 0 Å². The van der Waals surface area contributed by atoms with Crippen molar-refractivity contribution in [3.63, 3.8) is 0 Å². The van der Waals surface area contributed by atoms with E-state index < -0.39 is 17.2 Å². The van der Waals surface area contributed by atoms with Crippen molar-refractivity contribution in [2.45, 2.75) is 26.9 Å². The van der Waals surface area contributed by atoms with E-state index in [2.05, 4.69) is 4.99 Å². The highest BCUT2D eigenvalue weighted by Crippen LogP contribution is 2.38. The molecule has 0 fully saturated rings. The molecule has 0 saturated carbocycles. The number of alkyl halides is 3. The van der Waals surface area contributed by atoms with E-state index in [-0.39, 0.29) is 16.5 Å². The number of rotatable bonds is 1. The predicted molar refractivity (Wildman–Crippen MR) is 67.2 cm³/mol. The molecular formula is C12H14ClF3N2. The minimum absolute atomic E-state index is 0.00982. The van der Waals surface area contributed by atoms with Crippen LogP contribution in [0.5, 0.6) is 0 Å². The highest BCUT2D eigenvalue weighted by Gasteiger charge is 2.34. The van der Waals surface area contributed by atoms with Crippen LogP contribution in [0.1, 0.15) is 26.3 Å². The second kappa shape index (κ2) is 4.80. The Hall–Kier alpha value is -1.23. The molecule has 0 unspecified atom stereocenters. The van der Waals surface area contributed by atoms with E-state index in [1.807, 2.05) is 0 Å². The van der Waals surface area contributed by atoms with Crippen molar-refractivity contribution >= 4 is 23.1 Å². The Morgan fingerprint density at radius 3 is 2.22 bits per heavy atom. The molecule has 0 atom stereocenters. The number of nitrogens with two attached hydrogens (primary N) is 1. The third-order valence-corrected chi connectivity index (χ3v) is 2.51. The van der Waals surface area contributed by atoms with E-state index in [1.54, 1.807) is 20.8 Å². The average molecular weight is 279 g/mol. The van der Waals surface area contributed by atoms with Gasteiger partial charge in [-0.3, -0.25) is 0 Å². The summed E-state index contributed by atoms with van der Waals surface area (Å²) >= 11 is 5.57. The van der Waals surface area contributed by atoms with Crippen molar-refractivity contribution in [1.29, 1.82) is 0 Å². The van der Waals surface area contributed by atoms with Gasteiger partial charge in [0, 0.05) is 10.4 Å². The predicted octanol–water partition coefficient (Wildman–Crippen LogP) is 4.39. The van der Waals surface area contributed by atoms with Gasteiger partial charge in [-0.1, -0.05) is 32.4 Å².